The second-order valence-corrected chi connectivity index (χ2v) is 4.62. The molecule has 0 aliphatic carbocycles. The van der Waals surface area contributed by atoms with E-state index in [2.05, 4.69) is 36.7 Å². The summed E-state index contributed by atoms with van der Waals surface area (Å²) in [5.41, 5.74) is 4.49. The highest BCUT2D eigenvalue weighted by Gasteiger charge is 2.13. The summed E-state index contributed by atoms with van der Waals surface area (Å²) in [6.07, 6.45) is 4.26. The molecule has 0 saturated carbocycles. The lowest BCUT2D eigenvalue weighted by Crippen LogP contribution is -2.30. The Morgan fingerprint density at radius 1 is 1.53 bits per heavy atom. The number of hydrogen-bond donors (Lipinski definition) is 2. The zero-order valence-electron chi connectivity index (χ0n) is 9.34. The molecule has 0 radical (unpaired) electrons. The van der Waals surface area contributed by atoms with E-state index in [9.17, 15) is 0 Å². The molecule has 1 atom stereocenters. The fourth-order valence-electron chi connectivity index (χ4n) is 1.54. The lowest BCUT2D eigenvalue weighted by atomic mass is 10.1. The van der Waals surface area contributed by atoms with Crippen molar-refractivity contribution < 1.29 is 0 Å². The van der Waals surface area contributed by atoms with Crippen LogP contribution in [-0.4, -0.2) is 20.0 Å². The monoisotopic (exact) mass is 296 g/mol. The van der Waals surface area contributed by atoms with Gasteiger partial charge in [-0.25, -0.2) is 0 Å². The first-order chi connectivity index (χ1) is 8.19. The molecule has 90 valence electrons. The molecule has 0 fully saturated rings. The highest BCUT2D eigenvalue weighted by molar-refractivity contribution is 9.10. The molecule has 3 N–H and O–H groups in total. The minimum Gasteiger partial charge on any atom is -0.271 e. The van der Waals surface area contributed by atoms with Crippen LogP contribution in [0, 0.1) is 0 Å². The summed E-state index contributed by atoms with van der Waals surface area (Å²) in [7, 11) is 1.83. The van der Waals surface area contributed by atoms with Crippen molar-refractivity contribution in [3.05, 3.63) is 40.4 Å². The Labute approximate surface area is 107 Å². The van der Waals surface area contributed by atoms with Crippen molar-refractivity contribution in [1.29, 1.82) is 0 Å². The molecule has 7 heteroatoms. The molecule has 0 spiro atoms. The van der Waals surface area contributed by atoms with E-state index in [0.717, 1.165) is 15.9 Å². The normalized spacial score (nSPS) is 12.6. The summed E-state index contributed by atoms with van der Waals surface area (Å²) in [6.45, 7) is 0. The van der Waals surface area contributed by atoms with Crippen molar-refractivity contribution in [1.82, 2.24) is 25.4 Å². The van der Waals surface area contributed by atoms with Gasteiger partial charge in [0.15, 0.2) is 0 Å². The lowest BCUT2D eigenvalue weighted by molar-refractivity contribution is 0.532. The molecule has 2 heterocycles. The Balaban J connectivity index is 2.13. The Hall–Kier alpha value is -1.31. The smallest absolute Gasteiger partial charge is 0.0847 e. The lowest BCUT2D eigenvalue weighted by Gasteiger charge is -2.13. The first-order valence-electron chi connectivity index (χ1n) is 5.12. The van der Waals surface area contributed by atoms with Crippen LogP contribution in [0.3, 0.4) is 0 Å². The number of nitrogens with two attached hydrogens (primary N) is 1. The van der Waals surface area contributed by atoms with Crippen LogP contribution in [0.4, 0.5) is 0 Å². The standard InChI is InChI=1S/C10H13BrN6/c1-17-6-8(15-16-17)4-10(14-12)9-3-2-7(11)5-13-9/h2-3,5-6,10,14H,4,12H2,1H3. The van der Waals surface area contributed by atoms with Gasteiger partial charge in [0.1, 0.15) is 0 Å². The Bertz CT molecular complexity index is 480. The summed E-state index contributed by atoms with van der Waals surface area (Å²) >= 11 is 3.35. The van der Waals surface area contributed by atoms with Crippen molar-refractivity contribution in [2.75, 3.05) is 0 Å². The van der Waals surface area contributed by atoms with E-state index in [0.29, 0.717) is 6.42 Å². The van der Waals surface area contributed by atoms with Gasteiger partial charge >= 0.3 is 0 Å². The third-order valence-corrected chi connectivity index (χ3v) is 2.84. The highest BCUT2D eigenvalue weighted by atomic mass is 79.9. The molecular formula is C10H13BrN6. The maximum atomic E-state index is 5.54. The number of rotatable bonds is 4. The van der Waals surface area contributed by atoms with Crippen LogP contribution >= 0.6 is 15.9 Å². The molecule has 1 unspecified atom stereocenters. The van der Waals surface area contributed by atoms with Crippen molar-refractivity contribution >= 4 is 15.9 Å². The summed E-state index contributed by atoms with van der Waals surface area (Å²) < 4.78 is 2.61. The van der Waals surface area contributed by atoms with Crippen LogP contribution in [0.5, 0.6) is 0 Å². The van der Waals surface area contributed by atoms with Crippen LogP contribution in [0.1, 0.15) is 17.4 Å². The number of aromatic nitrogens is 4. The highest BCUT2D eigenvalue weighted by Crippen LogP contribution is 2.16. The van der Waals surface area contributed by atoms with E-state index in [-0.39, 0.29) is 6.04 Å². The van der Waals surface area contributed by atoms with Gasteiger partial charge in [-0.05, 0) is 28.1 Å². The van der Waals surface area contributed by atoms with Crippen LogP contribution < -0.4 is 11.3 Å². The van der Waals surface area contributed by atoms with Crippen LogP contribution in [0.15, 0.2) is 29.0 Å². The van der Waals surface area contributed by atoms with Crippen molar-refractivity contribution in [3.63, 3.8) is 0 Å². The van der Waals surface area contributed by atoms with E-state index < -0.39 is 0 Å². The van der Waals surface area contributed by atoms with Gasteiger partial charge in [-0.2, -0.15) is 0 Å². The molecule has 2 aromatic rings. The fourth-order valence-corrected chi connectivity index (χ4v) is 1.77. The molecule has 0 bridgehead atoms. The van der Waals surface area contributed by atoms with Gasteiger partial charge in [0, 0.05) is 30.3 Å². The van der Waals surface area contributed by atoms with E-state index in [1.807, 2.05) is 25.4 Å². The molecule has 0 aliphatic rings. The molecule has 17 heavy (non-hydrogen) atoms. The summed E-state index contributed by atoms with van der Waals surface area (Å²) in [6, 6.07) is 3.79. The molecule has 0 saturated heterocycles. The number of pyridine rings is 1. The van der Waals surface area contributed by atoms with Crippen LogP contribution in [0.25, 0.3) is 0 Å². The minimum absolute atomic E-state index is 0.0696. The van der Waals surface area contributed by atoms with E-state index in [1.165, 1.54) is 0 Å². The Morgan fingerprint density at radius 3 is 2.88 bits per heavy atom. The molecule has 6 nitrogen and oxygen atoms in total. The number of aryl methyl sites for hydroxylation is 1. The Morgan fingerprint density at radius 2 is 2.35 bits per heavy atom. The molecule has 2 rings (SSSR count). The number of nitrogens with one attached hydrogen (secondary N) is 1. The fraction of sp³-hybridized carbons (Fsp3) is 0.300. The predicted molar refractivity (Wildman–Crippen MR) is 66.7 cm³/mol. The maximum Gasteiger partial charge on any atom is 0.0847 e. The van der Waals surface area contributed by atoms with Crippen LogP contribution in [0.2, 0.25) is 0 Å². The topological polar surface area (TPSA) is 81.7 Å². The van der Waals surface area contributed by atoms with E-state index in [1.54, 1.807) is 10.9 Å². The average Bonchev–Trinajstić information content (AvgIpc) is 2.73. The van der Waals surface area contributed by atoms with Gasteiger partial charge in [-0.3, -0.25) is 20.9 Å². The molecule has 0 aromatic carbocycles. The van der Waals surface area contributed by atoms with Gasteiger partial charge in [-0.15, -0.1) is 5.10 Å². The average molecular weight is 297 g/mol. The summed E-state index contributed by atoms with van der Waals surface area (Å²) in [4.78, 5) is 4.31. The second-order valence-electron chi connectivity index (χ2n) is 3.71. The van der Waals surface area contributed by atoms with E-state index in [4.69, 9.17) is 5.84 Å². The molecule has 0 aliphatic heterocycles. The zero-order chi connectivity index (χ0) is 12.3. The van der Waals surface area contributed by atoms with Gasteiger partial charge in [0.2, 0.25) is 0 Å². The Kier molecular flexibility index (Phi) is 3.82. The maximum absolute atomic E-state index is 5.54. The van der Waals surface area contributed by atoms with Crippen molar-refractivity contribution in [2.45, 2.75) is 12.5 Å². The molecular weight excluding hydrogens is 284 g/mol. The number of halogens is 1. The first-order valence-corrected chi connectivity index (χ1v) is 5.91. The largest absolute Gasteiger partial charge is 0.271 e. The van der Waals surface area contributed by atoms with Crippen molar-refractivity contribution in [3.8, 4) is 0 Å². The van der Waals surface area contributed by atoms with Gasteiger partial charge < -0.3 is 0 Å². The predicted octanol–water partition coefficient (Wildman–Crippen LogP) is 0.720. The number of hydrazine groups is 1. The summed E-state index contributed by atoms with van der Waals surface area (Å²) in [5, 5.41) is 7.91. The second kappa shape index (κ2) is 5.35. The molecule has 2 aromatic heterocycles. The van der Waals surface area contributed by atoms with Gasteiger partial charge in [0.25, 0.3) is 0 Å². The zero-order valence-corrected chi connectivity index (χ0v) is 10.9. The quantitative estimate of drug-likeness (QED) is 0.642. The number of hydrogen-bond acceptors (Lipinski definition) is 5. The van der Waals surface area contributed by atoms with Gasteiger partial charge in [-0.1, -0.05) is 5.21 Å². The van der Waals surface area contributed by atoms with Crippen molar-refractivity contribution in [2.24, 2.45) is 12.9 Å². The number of nitrogens with zero attached hydrogens (tertiary/aromatic N) is 4. The summed E-state index contributed by atoms with van der Waals surface area (Å²) in [5.74, 6) is 5.54. The third kappa shape index (κ3) is 3.09. The SMILES string of the molecule is Cn1cc(CC(NN)c2ccc(Br)cn2)nn1. The van der Waals surface area contributed by atoms with E-state index >= 15 is 0 Å². The minimum atomic E-state index is -0.0696. The molecule has 0 amide bonds. The van der Waals surface area contributed by atoms with Gasteiger partial charge in [0.05, 0.1) is 17.4 Å². The third-order valence-electron chi connectivity index (χ3n) is 2.37. The first kappa shape index (κ1) is 12.2. The van der Waals surface area contributed by atoms with Crippen LogP contribution in [-0.2, 0) is 13.5 Å².